The number of aromatic nitrogens is 7. The molecule has 0 radical (unpaired) electrons. The minimum absolute atomic E-state index is 0.00944. The minimum atomic E-state index is -0.171. The predicted molar refractivity (Wildman–Crippen MR) is 145 cm³/mol. The van der Waals surface area contributed by atoms with Gasteiger partial charge in [0, 0.05) is 40.7 Å². The lowest BCUT2D eigenvalue weighted by molar-refractivity contribution is 0.0556. The number of Topliss-reactive ketones (excluding diaryl/α,β-unsaturated/α-hetero) is 1. The van der Waals surface area contributed by atoms with Gasteiger partial charge in [0.25, 0.3) is 5.91 Å². The number of rotatable bonds is 5. The number of carbonyl (C=O) groups excluding carboxylic acids is 2. The summed E-state index contributed by atoms with van der Waals surface area (Å²) in [6.45, 7) is 1.44. The van der Waals surface area contributed by atoms with Crippen LogP contribution in [0.15, 0.2) is 43.0 Å². The summed E-state index contributed by atoms with van der Waals surface area (Å²) < 4.78 is 1.51. The number of benzene rings is 1. The van der Waals surface area contributed by atoms with Crippen molar-refractivity contribution in [3.8, 4) is 11.1 Å². The average Bonchev–Trinajstić information content (AvgIpc) is 3.70. The van der Waals surface area contributed by atoms with Crippen LogP contribution in [0.5, 0.6) is 0 Å². The molecule has 2 aliphatic heterocycles. The molecule has 2 bridgehead atoms. The molecule has 40 heavy (non-hydrogen) atoms. The number of nitrogen functional groups attached to an aromatic ring is 1. The maximum absolute atomic E-state index is 13.1. The Balaban J connectivity index is 1.30. The van der Waals surface area contributed by atoms with Crippen molar-refractivity contribution >= 4 is 34.1 Å². The fourth-order valence-electron chi connectivity index (χ4n) is 6.48. The van der Waals surface area contributed by atoms with Gasteiger partial charge in [0.05, 0.1) is 29.6 Å². The molecular weight excluding hydrogens is 510 g/mol. The number of aliphatic hydroxyl groups is 1. The maximum atomic E-state index is 13.1. The Bertz CT molecular complexity index is 1780. The van der Waals surface area contributed by atoms with Gasteiger partial charge in [-0.1, -0.05) is 6.07 Å². The first-order chi connectivity index (χ1) is 19.4. The van der Waals surface area contributed by atoms with Gasteiger partial charge in [0.15, 0.2) is 11.4 Å². The van der Waals surface area contributed by atoms with Crippen molar-refractivity contribution in [1.29, 1.82) is 0 Å². The SMILES string of the molecule is CC(=O)c1c(C2C[C@H]3CC[C@@H](C2)N3C(=O)c2nnc[nH]2)nc2c(-c3cnc4ccc(CO)cc4c3)cnn2c1N. The average molecular weight is 538 g/mol. The third kappa shape index (κ3) is 3.74. The highest BCUT2D eigenvalue weighted by molar-refractivity contribution is 6.00. The van der Waals surface area contributed by atoms with E-state index < -0.39 is 0 Å². The summed E-state index contributed by atoms with van der Waals surface area (Å²) in [6, 6.07) is 7.64. The Hall–Kier alpha value is -4.71. The smallest absolute Gasteiger partial charge is 0.292 e. The lowest BCUT2D eigenvalue weighted by Gasteiger charge is -2.38. The molecule has 6 heterocycles. The van der Waals surface area contributed by atoms with Gasteiger partial charge in [-0.25, -0.2) is 4.98 Å². The third-order valence-electron chi connectivity index (χ3n) is 8.28. The molecule has 1 amide bonds. The molecule has 0 spiro atoms. The summed E-state index contributed by atoms with van der Waals surface area (Å²) in [5.41, 5.74) is 11.3. The summed E-state index contributed by atoms with van der Waals surface area (Å²) >= 11 is 0. The first-order valence-electron chi connectivity index (χ1n) is 13.3. The topological polar surface area (TPSA) is 168 Å². The maximum Gasteiger partial charge on any atom is 0.292 e. The molecule has 1 unspecified atom stereocenters. The lowest BCUT2D eigenvalue weighted by atomic mass is 9.85. The number of ketones is 1. The van der Waals surface area contributed by atoms with Crippen molar-refractivity contribution in [2.45, 2.75) is 57.2 Å². The molecule has 2 fully saturated rings. The molecule has 7 rings (SSSR count). The highest BCUT2D eigenvalue weighted by Crippen LogP contribution is 2.45. The quantitative estimate of drug-likeness (QED) is 0.285. The van der Waals surface area contributed by atoms with Crippen molar-refractivity contribution in [2.75, 3.05) is 5.73 Å². The number of pyridine rings is 1. The van der Waals surface area contributed by atoms with Crippen molar-refractivity contribution in [3.05, 3.63) is 65.6 Å². The highest BCUT2D eigenvalue weighted by Gasteiger charge is 2.45. The summed E-state index contributed by atoms with van der Waals surface area (Å²) in [5, 5.41) is 22.6. The summed E-state index contributed by atoms with van der Waals surface area (Å²) in [6.07, 6.45) is 7.96. The Labute approximate surface area is 228 Å². The zero-order valence-electron chi connectivity index (χ0n) is 21.8. The molecule has 1 aromatic carbocycles. The van der Waals surface area contributed by atoms with E-state index >= 15 is 0 Å². The van der Waals surface area contributed by atoms with Crippen LogP contribution in [0, 0.1) is 0 Å². The second-order valence-electron chi connectivity index (χ2n) is 10.6. The summed E-state index contributed by atoms with van der Waals surface area (Å²) in [4.78, 5) is 40.4. The van der Waals surface area contributed by atoms with Crippen LogP contribution in [0.2, 0.25) is 0 Å². The van der Waals surface area contributed by atoms with Crippen LogP contribution in [0.4, 0.5) is 5.82 Å². The number of piperidine rings is 1. The van der Waals surface area contributed by atoms with Crippen LogP contribution in [0.3, 0.4) is 0 Å². The molecule has 0 aliphatic carbocycles. The standard InChI is InChI=1S/C28H27N9O3/c1-14(39)23-24(17-8-19-3-4-20(9-17)36(19)28(40)26-31-13-32-35-26)34-27-21(11-33-37(27)25(23)29)18-7-16-6-15(12-38)2-5-22(16)30-10-18/h2,5-7,10-11,13,17,19-20,38H,3-4,8-9,12,29H2,1H3,(H,31,32,35)/t17?,19-,20+. The predicted octanol–water partition coefficient (Wildman–Crippen LogP) is 2.89. The van der Waals surface area contributed by atoms with E-state index in [1.165, 1.54) is 17.8 Å². The summed E-state index contributed by atoms with van der Waals surface area (Å²) in [5.74, 6) is 0.122. The Morgan fingerprint density at radius 3 is 2.65 bits per heavy atom. The second-order valence-corrected chi connectivity index (χ2v) is 10.6. The molecule has 5 aromatic rings. The third-order valence-corrected chi connectivity index (χ3v) is 8.28. The van der Waals surface area contributed by atoms with E-state index in [0.717, 1.165) is 40.4 Å². The second kappa shape index (κ2) is 9.19. The van der Waals surface area contributed by atoms with E-state index in [1.54, 1.807) is 12.4 Å². The van der Waals surface area contributed by atoms with Crippen molar-refractivity contribution < 1.29 is 14.7 Å². The molecule has 12 nitrogen and oxygen atoms in total. The van der Waals surface area contributed by atoms with Crippen LogP contribution in [0.25, 0.3) is 27.7 Å². The van der Waals surface area contributed by atoms with Gasteiger partial charge in [0.1, 0.15) is 12.1 Å². The van der Waals surface area contributed by atoms with Crippen molar-refractivity contribution in [1.82, 2.24) is 39.7 Å². The normalized spacial score (nSPS) is 20.4. The Kier molecular flexibility index (Phi) is 5.59. The van der Waals surface area contributed by atoms with E-state index in [9.17, 15) is 14.7 Å². The van der Waals surface area contributed by atoms with Crippen LogP contribution in [0.1, 0.15) is 70.8 Å². The number of aromatic amines is 1. The Morgan fingerprint density at radius 2 is 1.95 bits per heavy atom. The van der Waals surface area contributed by atoms with Gasteiger partial charge in [-0.2, -0.15) is 9.61 Å². The fourth-order valence-corrected chi connectivity index (χ4v) is 6.48. The zero-order valence-corrected chi connectivity index (χ0v) is 21.8. The number of hydrogen-bond donors (Lipinski definition) is 3. The van der Waals surface area contributed by atoms with Gasteiger partial charge >= 0.3 is 0 Å². The van der Waals surface area contributed by atoms with Crippen LogP contribution < -0.4 is 5.73 Å². The van der Waals surface area contributed by atoms with Gasteiger partial charge in [-0.15, -0.1) is 10.2 Å². The molecule has 2 saturated heterocycles. The van der Waals surface area contributed by atoms with Gasteiger partial charge in [-0.05, 0) is 56.4 Å². The number of nitrogens with two attached hydrogens (primary N) is 1. The zero-order chi connectivity index (χ0) is 27.5. The van der Waals surface area contributed by atoms with Crippen molar-refractivity contribution in [3.63, 3.8) is 0 Å². The number of H-pyrrole nitrogens is 1. The molecule has 2 aliphatic rings. The minimum Gasteiger partial charge on any atom is -0.392 e. The lowest BCUT2D eigenvalue weighted by Crippen LogP contribution is -2.46. The van der Waals surface area contributed by atoms with Gasteiger partial charge in [0.2, 0.25) is 5.82 Å². The fraction of sp³-hybridized carbons (Fsp3) is 0.321. The number of aliphatic hydroxyl groups excluding tert-OH is 1. The molecular formula is C28H27N9O3. The molecule has 3 atom stereocenters. The highest BCUT2D eigenvalue weighted by atomic mass is 16.3. The van der Waals surface area contributed by atoms with E-state index in [-0.39, 0.29) is 47.9 Å². The number of hydrogen-bond acceptors (Lipinski definition) is 9. The number of carbonyl (C=O) groups is 2. The van der Waals surface area contributed by atoms with Crippen LogP contribution in [-0.4, -0.2) is 68.5 Å². The largest absolute Gasteiger partial charge is 0.392 e. The molecule has 4 N–H and O–H groups in total. The Morgan fingerprint density at radius 1 is 1.15 bits per heavy atom. The number of fused-ring (bicyclic) bond motifs is 4. The van der Waals surface area contributed by atoms with E-state index in [1.807, 2.05) is 29.2 Å². The molecule has 0 saturated carbocycles. The van der Waals surface area contributed by atoms with Crippen molar-refractivity contribution in [2.24, 2.45) is 0 Å². The first kappa shape index (κ1) is 24.3. The number of nitrogens with one attached hydrogen (secondary N) is 1. The van der Waals surface area contributed by atoms with E-state index in [0.29, 0.717) is 29.7 Å². The van der Waals surface area contributed by atoms with Gasteiger partial charge in [-0.3, -0.25) is 14.6 Å². The monoisotopic (exact) mass is 537 g/mol. The number of amides is 1. The summed E-state index contributed by atoms with van der Waals surface area (Å²) in [7, 11) is 0. The number of anilines is 1. The molecule has 202 valence electrons. The first-order valence-corrected chi connectivity index (χ1v) is 13.3. The van der Waals surface area contributed by atoms with E-state index in [4.69, 9.17) is 10.7 Å². The number of nitrogens with zero attached hydrogens (tertiary/aromatic N) is 7. The van der Waals surface area contributed by atoms with Crippen LogP contribution >= 0.6 is 0 Å². The van der Waals surface area contributed by atoms with E-state index in [2.05, 4.69) is 25.3 Å². The molecule has 4 aromatic heterocycles. The molecule has 12 heteroatoms. The van der Waals surface area contributed by atoms with Gasteiger partial charge < -0.3 is 20.7 Å². The van der Waals surface area contributed by atoms with Crippen LogP contribution in [-0.2, 0) is 6.61 Å².